The van der Waals surface area contributed by atoms with Crippen LogP contribution < -0.4 is 0 Å². The highest BCUT2D eigenvalue weighted by molar-refractivity contribution is 9.11. The summed E-state index contributed by atoms with van der Waals surface area (Å²) in [5, 5.41) is 1.88. The molecule has 0 unspecified atom stereocenters. The van der Waals surface area contributed by atoms with Gasteiger partial charge in [0, 0.05) is 0 Å². The van der Waals surface area contributed by atoms with Gasteiger partial charge in [-0.1, -0.05) is 48.2 Å². The molecule has 0 bridgehead atoms. The minimum Gasteiger partial charge on any atom is -0.165 e. The van der Waals surface area contributed by atoms with E-state index in [9.17, 15) is 13.2 Å². The fraction of sp³-hybridized carbons (Fsp3) is 0.0714. The van der Waals surface area contributed by atoms with E-state index in [-0.39, 0.29) is 0 Å². The Morgan fingerprint density at radius 3 is 2.44 bits per heavy atom. The van der Waals surface area contributed by atoms with Gasteiger partial charge < -0.3 is 0 Å². The van der Waals surface area contributed by atoms with Gasteiger partial charge in [0.15, 0.2) is 0 Å². The van der Waals surface area contributed by atoms with Crippen LogP contribution in [0.4, 0.5) is 13.2 Å². The molecule has 0 aliphatic heterocycles. The van der Waals surface area contributed by atoms with Crippen LogP contribution in [0.15, 0.2) is 52.7 Å². The summed E-state index contributed by atoms with van der Waals surface area (Å²) in [5.41, 5.74) is 2.92. The maximum absolute atomic E-state index is 12.3. The Hall–Kier alpha value is -1.51. The Morgan fingerprint density at radius 1 is 1.06 bits per heavy atom. The van der Waals surface area contributed by atoms with E-state index in [4.69, 9.17) is 0 Å². The number of benzene rings is 2. The van der Waals surface area contributed by atoms with Crippen LogP contribution in [0.25, 0.3) is 16.8 Å². The Labute approximate surface area is 111 Å². The van der Waals surface area contributed by atoms with Gasteiger partial charge in [0.25, 0.3) is 0 Å². The van der Waals surface area contributed by atoms with Crippen molar-refractivity contribution in [2.75, 3.05) is 0 Å². The number of hydrogen-bond donors (Lipinski definition) is 0. The van der Waals surface area contributed by atoms with Crippen molar-refractivity contribution in [1.82, 2.24) is 0 Å². The second kappa shape index (κ2) is 5.01. The summed E-state index contributed by atoms with van der Waals surface area (Å²) in [5.74, 6) is 0. The van der Waals surface area contributed by atoms with Crippen molar-refractivity contribution < 1.29 is 13.2 Å². The first-order valence-electron chi connectivity index (χ1n) is 5.15. The summed E-state index contributed by atoms with van der Waals surface area (Å²) in [6.07, 6.45) is -3.07. The molecule has 0 radical (unpaired) electrons. The quantitative estimate of drug-likeness (QED) is 0.627. The van der Waals surface area contributed by atoms with E-state index in [0.717, 1.165) is 10.8 Å². The molecule has 0 saturated carbocycles. The second-order valence-corrected chi connectivity index (χ2v) is 4.46. The molecule has 0 aromatic heterocycles. The van der Waals surface area contributed by atoms with Crippen LogP contribution in [0.2, 0.25) is 0 Å². The summed E-state index contributed by atoms with van der Waals surface area (Å²) in [7, 11) is 0. The smallest absolute Gasteiger partial charge is 0.165 e. The van der Waals surface area contributed by atoms with Gasteiger partial charge in [-0.15, -0.1) is 0 Å². The van der Waals surface area contributed by atoms with E-state index in [0.29, 0.717) is 5.56 Å². The van der Waals surface area contributed by atoms with Crippen molar-refractivity contribution in [3.8, 4) is 0 Å². The molecule has 0 heterocycles. The van der Waals surface area contributed by atoms with Crippen LogP contribution in [0, 0.1) is 0 Å². The lowest BCUT2D eigenvalue weighted by molar-refractivity contribution is -0.0826. The fourth-order valence-electron chi connectivity index (χ4n) is 1.60. The van der Waals surface area contributed by atoms with Crippen molar-refractivity contribution in [1.29, 1.82) is 0 Å². The van der Waals surface area contributed by atoms with Gasteiger partial charge in [-0.3, -0.25) is 0 Å². The van der Waals surface area contributed by atoms with Crippen molar-refractivity contribution in [3.05, 3.63) is 58.2 Å². The first-order chi connectivity index (χ1) is 8.48. The Morgan fingerprint density at radius 2 is 1.72 bits per heavy atom. The van der Waals surface area contributed by atoms with Gasteiger partial charge in [0.1, 0.15) is 4.48 Å². The lowest BCUT2D eigenvalue weighted by atomic mass is 10.0. The van der Waals surface area contributed by atoms with Crippen LogP contribution >= 0.6 is 15.9 Å². The molecule has 0 aliphatic rings. The van der Waals surface area contributed by atoms with Crippen molar-refractivity contribution >= 4 is 32.8 Å². The molecular weight excluding hydrogens is 305 g/mol. The summed E-state index contributed by atoms with van der Waals surface area (Å²) < 4.78 is 36.0. The van der Waals surface area contributed by atoms with Crippen molar-refractivity contribution in [2.45, 2.75) is 6.18 Å². The zero-order valence-corrected chi connectivity index (χ0v) is 10.7. The monoisotopic (exact) mass is 312 g/mol. The van der Waals surface area contributed by atoms with Gasteiger partial charge in [-0.25, -0.2) is 0 Å². The van der Waals surface area contributed by atoms with E-state index in [1.807, 2.05) is 30.3 Å². The molecule has 0 fully saturated rings. The van der Waals surface area contributed by atoms with Gasteiger partial charge in [-0.05, 0) is 38.3 Å². The molecule has 2 aromatic rings. The van der Waals surface area contributed by atoms with Crippen molar-refractivity contribution in [3.63, 3.8) is 0 Å². The van der Waals surface area contributed by atoms with E-state index in [1.165, 1.54) is 6.08 Å². The number of fused-ring (bicyclic) bond motifs is 1. The van der Waals surface area contributed by atoms with Crippen LogP contribution in [0.1, 0.15) is 5.56 Å². The Kier molecular flexibility index (Phi) is 3.60. The zero-order valence-electron chi connectivity index (χ0n) is 9.13. The molecule has 0 atom stereocenters. The van der Waals surface area contributed by atoms with Crippen LogP contribution in [0.3, 0.4) is 0 Å². The zero-order chi connectivity index (χ0) is 13.2. The van der Waals surface area contributed by atoms with E-state index < -0.39 is 10.7 Å². The molecule has 0 aliphatic carbocycles. The standard InChI is InChI=1S/C14H8BrF3/c15-13(14(16,17)18)9-8-11-6-3-5-10-4-1-2-7-12(10)11/h1-8H. The highest BCUT2D eigenvalue weighted by Gasteiger charge is 2.31. The molecular formula is C14H8BrF3. The highest BCUT2D eigenvalue weighted by atomic mass is 79.9. The highest BCUT2D eigenvalue weighted by Crippen LogP contribution is 2.29. The minimum atomic E-state index is -4.40. The number of halogens is 4. The van der Waals surface area contributed by atoms with Gasteiger partial charge in [0.2, 0.25) is 0 Å². The van der Waals surface area contributed by atoms with E-state index in [1.54, 1.807) is 12.1 Å². The molecule has 2 aromatic carbocycles. The summed E-state index contributed by atoms with van der Waals surface area (Å²) >= 11 is 2.47. The Balaban J connectivity index is 2.54. The first-order valence-corrected chi connectivity index (χ1v) is 5.95. The molecule has 4 heteroatoms. The molecule has 0 spiro atoms. The average molecular weight is 313 g/mol. The summed E-state index contributed by atoms with van der Waals surface area (Å²) in [4.78, 5) is 0. The molecule has 18 heavy (non-hydrogen) atoms. The summed E-state index contributed by atoms with van der Waals surface area (Å²) in [6.45, 7) is 0. The van der Waals surface area contributed by atoms with Crippen molar-refractivity contribution in [2.24, 2.45) is 0 Å². The predicted molar refractivity (Wildman–Crippen MR) is 70.4 cm³/mol. The minimum absolute atomic E-state index is 0.703. The normalized spacial score (nSPS) is 11.1. The lowest BCUT2D eigenvalue weighted by Gasteiger charge is -2.02. The van der Waals surface area contributed by atoms with Crippen LogP contribution in [-0.2, 0) is 0 Å². The second-order valence-electron chi connectivity index (χ2n) is 3.67. The number of alkyl halides is 3. The maximum atomic E-state index is 12.3. The molecule has 92 valence electrons. The maximum Gasteiger partial charge on any atom is 0.430 e. The first kappa shape index (κ1) is 12.9. The number of rotatable bonds is 1. The SMILES string of the molecule is FC(F)(F)C(Br)=C=Cc1cccc2ccccc12. The molecule has 0 nitrogen and oxygen atoms in total. The molecule has 2 rings (SSSR count). The third kappa shape index (κ3) is 2.84. The molecule has 0 saturated heterocycles. The third-order valence-electron chi connectivity index (χ3n) is 2.43. The molecule has 0 amide bonds. The summed E-state index contributed by atoms with van der Waals surface area (Å²) in [6, 6.07) is 13.0. The lowest BCUT2D eigenvalue weighted by Crippen LogP contribution is -2.05. The van der Waals surface area contributed by atoms with E-state index >= 15 is 0 Å². The van der Waals surface area contributed by atoms with Gasteiger partial charge in [0.05, 0.1) is 0 Å². The number of hydrogen-bond acceptors (Lipinski definition) is 0. The predicted octanol–water partition coefficient (Wildman–Crippen LogP) is 5.29. The van der Waals surface area contributed by atoms with Gasteiger partial charge in [-0.2, -0.15) is 13.2 Å². The third-order valence-corrected chi connectivity index (χ3v) is 3.11. The topological polar surface area (TPSA) is 0 Å². The average Bonchev–Trinajstić information content (AvgIpc) is 2.34. The van der Waals surface area contributed by atoms with E-state index in [2.05, 4.69) is 21.7 Å². The largest absolute Gasteiger partial charge is 0.430 e. The van der Waals surface area contributed by atoms with Crippen LogP contribution in [0.5, 0.6) is 0 Å². The molecule has 0 N–H and O–H groups in total. The number of allylic oxidation sites excluding steroid dienone is 1. The Bertz CT molecular complexity index is 630. The fourth-order valence-corrected chi connectivity index (χ4v) is 1.71. The van der Waals surface area contributed by atoms with Crippen LogP contribution in [-0.4, -0.2) is 6.18 Å². The van der Waals surface area contributed by atoms with Gasteiger partial charge >= 0.3 is 6.18 Å².